The summed E-state index contributed by atoms with van der Waals surface area (Å²) in [6.45, 7) is 24.0. The van der Waals surface area contributed by atoms with Crippen LogP contribution in [0.15, 0.2) is 208 Å². The van der Waals surface area contributed by atoms with Crippen molar-refractivity contribution in [2.24, 2.45) is 0 Å². The zero-order valence-electron chi connectivity index (χ0n) is 49.9. The van der Waals surface area contributed by atoms with E-state index in [-0.39, 0.29) is 64.0 Å². The van der Waals surface area contributed by atoms with Crippen LogP contribution in [0.3, 0.4) is 0 Å². The molecule has 0 aliphatic heterocycles. The van der Waals surface area contributed by atoms with Crippen LogP contribution in [0, 0.1) is 6.07 Å². The van der Waals surface area contributed by atoms with Gasteiger partial charge in [0.1, 0.15) is 21.2 Å². The van der Waals surface area contributed by atoms with Gasteiger partial charge in [0, 0.05) is 11.1 Å². The number of rotatable bonds is 10. The minimum atomic E-state index is -4.51. The van der Waals surface area contributed by atoms with E-state index in [1.807, 2.05) is 210 Å². The molecule has 8 aromatic carbocycles. The van der Waals surface area contributed by atoms with Crippen molar-refractivity contribution in [3.8, 4) is 34.0 Å². The standard InChI is InChI=1S/C28H18N2O2.C28H21O3S.6C2H6.2Na.O3S/c1-3-7-25-23(5-1)29-27(31-25)21-15-11-19(12-16-21)9-10-20-13-17-22(18-14-20)28-30-24-6-2-4-8-26(24)32-28;29-32(30,31)28-9-5-4-8-27(28)21-16-24-14-19-26(20-15-24)25-17-12-23(13-18-25)11-10-22-6-2-1-3-7-22;6*1-2;;;1-4(2)3/h1-18H;1-6,8-21H,(H,29,30,31);6*1-2H3;;;/q;-1;;;;;;;2*+1;/p-1/b10-9+;;;;;;;;;;. The van der Waals surface area contributed by atoms with Crippen LogP contribution in [0.4, 0.5) is 0 Å². The summed E-state index contributed by atoms with van der Waals surface area (Å²) in [7, 11) is -7.62. The van der Waals surface area contributed by atoms with Crippen molar-refractivity contribution in [1.29, 1.82) is 0 Å². The van der Waals surface area contributed by atoms with E-state index in [0.29, 0.717) is 17.3 Å². The van der Waals surface area contributed by atoms with Gasteiger partial charge in [-0.25, -0.2) is 18.4 Å². The van der Waals surface area contributed by atoms with E-state index < -0.39 is 20.7 Å². The molecule has 2 aromatic heterocycles. The van der Waals surface area contributed by atoms with Crippen molar-refractivity contribution in [2.45, 2.75) is 88.0 Å². The predicted octanol–water partition coefficient (Wildman–Crippen LogP) is 13.0. The average molecular weight is 1160 g/mol. The van der Waals surface area contributed by atoms with Gasteiger partial charge >= 0.3 is 69.7 Å². The van der Waals surface area contributed by atoms with Gasteiger partial charge in [-0.15, -0.1) is 49.0 Å². The first kappa shape index (κ1) is 75.5. The van der Waals surface area contributed by atoms with Gasteiger partial charge in [-0.2, -0.15) is 5.56 Å². The second kappa shape index (κ2) is 43.2. The largest absolute Gasteiger partial charge is 1.00 e. The van der Waals surface area contributed by atoms with Crippen molar-refractivity contribution in [2.75, 3.05) is 0 Å². The third-order valence-electron chi connectivity index (χ3n) is 10.4. The molecule has 10 aromatic rings. The summed E-state index contributed by atoms with van der Waals surface area (Å²) in [5.41, 5.74) is 13.1. The van der Waals surface area contributed by atoms with E-state index in [4.69, 9.17) is 21.5 Å². The summed E-state index contributed by atoms with van der Waals surface area (Å²) in [5.74, 6) is 1.27. The second-order valence-electron chi connectivity index (χ2n) is 15.0. The molecule has 0 amide bonds. The molecule has 0 aliphatic rings. The Hall–Kier alpha value is -6.55. The first-order chi connectivity index (χ1) is 39.0. The Labute approximate surface area is 533 Å². The fourth-order valence-corrected chi connectivity index (χ4v) is 7.63. The van der Waals surface area contributed by atoms with Gasteiger partial charge in [0.05, 0.1) is 4.90 Å². The Morgan fingerprint density at radius 2 is 0.720 bits per heavy atom. The van der Waals surface area contributed by atoms with Gasteiger partial charge in [-0.05, 0) is 93.5 Å². The maximum atomic E-state index is 11.4. The first-order valence-electron chi connectivity index (χ1n) is 27.0. The van der Waals surface area contributed by atoms with Crippen molar-refractivity contribution in [1.82, 2.24) is 9.97 Å². The van der Waals surface area contributed by atoms with Crippen LogP contribution >= 0.6 is 0 Å². The number of aromatic nitrogens is 2. The van der Waals surface area contributed by atoms with E-state index >= 15 is 0 Å². The van der Waals surface area contributed by atoms with E-state index in [2.05, 4.69) is 82.8 Å². The van der Waals surface area contributed by atoms with Crippen molar-refractivity contribution < 1.29 is 93.5 Å². The van der Waals surface area contributed by atoms with Crippen molar-refractivity contribution in [3.05, 3.63) is 234 Å². The third kappa shape index (κ3) is 25.3. The third-order valence-corrected chi connectivity index (χ3v) is 11.3. The molecule has 0 radical (unpaired) electrons. The number of hydrogen-bond donors (Lipinski definition) is 0. The predicted molar refractivity (Wildman–Crippen MR) is 335 cm³/mol. The van der Waals surface area contributed by atoms with Crippen LogP contribution in [0.25, 0.3) is 92.7 Å². The molecule has 0 bridgehead atoms. The molecule has 0 N–H and O–H groups in total. The van der Waals surface area contributed by atoms with Gasteiger partial charge in [-0.1, -0.05) is 229 Å². The van der Waals surface area contributed by atoms with Gasteiger partial charge < -0.3 is 13.4 Å². The maximum Gasteiger partial charge on any atom is 1.00 e. The normalized spacial score (nSPS) is 9.91. The van der Waals surface area contributed by atoms with Crippen molar-refractivity contribution >= 4 is 79.4 Å². The number of oxazole rings is 2. The maximum absolute atomic E-state index is 11.4. The molecule has 10 rings (SSSR count). The molecule has 0 aliphatic carbocycles. The zero-order chi connectivity index (χ0) is 59.3. The molecular formula is C68H74N2Na2O8S2. The van der Waals surface area contributed by atoms with E-state index in [1.165, 1.54) is 12.1 Å². The van der Waals surface area contributed by atoms with Gasteiger partial charge in [-0.3, -0.25) is 0 Å². The Morgan fingerprint density at radius 1 is 0.402 bits per heavy atom. The molecule has 0 fully saturated rings. The van der Waals surface area contributed by atoms with E-state index in [1.54, 1.807) is 24.3 Å². The molecule has 0 saturated carbocycles. The molecule has 0 saturated heterocycles. The van der Waals surface area contributed by atoms with Crippen LogP contribution in [0.1, 0.15) is 116 Å². The SMILES string of the molecule is C(=C\c1ccc(-c2nc3ccccc3o2)cc1)/c1ccc(-c2nc3ccccc3o2)cc1.CC.CC.CC.CC.CC.CC.O=S(=O)([O-])c1ccccc1C=Cc1ccc(-c2ccc(C=Cc3[c-]cccc3)cc2)cc1.O=S(=O)=O.[Na+].[Na+]. The minimum absolute atomic E-state index is 0. The Kier molecular flexibility index (Phi) is 39.7. The average Bonchev–Trinajstić information content (AvgIpc) is 4.17. The number of benzene rings is 8. The van der Waals surface area contributed by atoms with Crippen LogP contribution in [0.5, 0.6) is 0 Å². The molecule has 418 valence electrons. The summed E-state index contributed by atoms with van der Waals surface area (Å²) in [5, 5.41) is 0. The van der Waals surface area contributed by atoms with Crippen LogP contribution in [-0.4, -0.2) is 35.6 Å². The first-order valence-corrected chi connectivity index (χ1v) is 29.4. The monoisotopic (exact) mass is 1160 g/mol. The fourth-order valence-electron chi connectivity index (χ4n) is 6.96. The number of hydrogen-bond acceptors (Lipinski definition) is 10. The molecule has 2 heterocycles. The fraction of sp³-hybridized carbons (Fsp3) is 0.176. The van der Waals surface area contributed by atoms with Crippen LogP contribution < -0.4 is 59.1 Å². The number of nitrogens with zero attached hydrogens (tertiary/aromatic N) is 2. The molecule has 10 nitrogen and oxygen atoms in total. The quantitative estimate of drug-likeness (QED) is 0.0558. The van der Waals surface area contributed by atoms with Gasteiger partial charge in [0.15, 0.2) is 11.2 Å². The smallest absolute Gasteiger partial charge is 0.744 e. The van der Waals surface area contributed by atoms with E-state index in [0.717, 1.165) is 72.3 Å². The summed E-state index contributed by atoms with van der Waals surface area (Å²) in [6.07, 6.45) is 11.7. The Bertz CT molecular complexity index is 3450. The Morgan fingerprint density at radius 3 is 1.07 bits per heavy atom. The number of para-hydroxylation sites is 4. The molecule has 0 unspecified atom stereocenters. The summed E-state index contributed by atoms with van der Waals surface area (Å²) >= 11 is 0. The molecule has 0 spiro atoms. The molecule has 0 atom stereocenters. The molecule has 82 heavy (non-hydrogen) atoms. The summed E-state index contributed by atoms with van der Waals surface area (Å²) < 4.78 is 71.3. The van der Waals surface area contributed by atoms with Crippen molar-refractivity contribution in [3.63, 3.8) is 0 Å². The molecule has 14 heteroatoms. The van der Waals surface area contributed by atoms with E-state index in [9.17, 15) is 13.0 Å². The van der Waals surface area contributed by atoms with Gasteiger partial charge in [0.2, 0.25) is 11.8 Å². The zero-order valence-corrected chi connectivity index (χ0v) is 55.5. The van der Waals surface area contributed by atoms with Crippen LogP contribution in [0.2, 0.25) is 0 Å². The topological polar surface area (TPSA) is 160 Å². The Balaban J connectivity index is 0.00000126. The number of fused-ring (bicyclic) bond motifs is 2. The second-order valence-corrected chi connectivity index (χ2v) is 16.7. The van der Waals surface area contributed by atoms with Gasteiger partial charge in [0.25, 0.3) is 0 Å². The molecular weight excluding hydrogens is 1080 g/mol. The minimum Gasteiger partial charge on any atom is -0.744 e. The summed E-state index contributed by atoms with van der Waals surface area (Å²) in [4.78, 5) is 8.90. The van der Waals surface area contributed by atoms with Crippen LogP contribution in [-0.2, 0) is 20.7 Å². The summed E-state index contributed by atoms with van der Waals surface area (Å²) in [6, 6.07) is 65.4.